The molecule has 0 spiro atoms. The highest BCUT2D eigenvalue weighted by atomic mass is 32.2. The van der Waals surface area contributed by atoms with Gasteiger partial charge in [0.2, 0.25) is 0 Å². The Bertz CT molecular complexity index is 600. The molecule has 0 amide bonds. The number of nitro groups is 1. The molecule has 92 valence electrons. The van der Waals surface area contributed by atoms with E-state index in [0.717, 1.165) is 24.0 Å². The molecule has 0 aliphatic heterocycles. The maximum atomic E-state index is 10.9. The monoisotopic (exact) mass is 267 g/mol. The van der Waals surface area contributed by atoms with Gasteiger partial charge in [-0.05, 0) is 17.8 Å². The van der Waals surface area contributed by atoms with Gasteiger partial charge in [-0.15, -0.1) is 0 Å². The summed E-state index contributed by atoms with van der Waals surface area (Å²) in [5, 5.41) is 26.4. The lowest BCUT2D eigenvalue weighted by Crippen LogP contribution is -2.03. The van der Waals surface area contributed by atoms with Gasteiger partial charge in [-0.1, -0.05) is 0 Å². The number of pyridine rings is 1. The van der Waals surface area contributed by atoms with E-state index in [4.69, 9.17) is 5.11 Å². The molecule has 0 saturated carbocycles. The highest BCUT2D eigenvalue weighted by Crippen LogP contribution is 2.26. The van der Waals surface area contributed by atoms with Crippen molar-refractivity contribution >= 4 is 23.4 Å². The third kappa shape index (κ3) is 2.43. The van der Waals surface area contributed by atoms with Gasteiger partial charge in [-0.3, -0.25) is 15.2 Å². The number of hydrogen-bond donors (Lipinski definition) is 2. The number of rotatable bonds is 4. The Kier molecular flexibility index (Phi) is 3.19. The van der Waals surface area contributed by atoms with Gasteiger partial charge in [0.1, 0.15) is 23.1 Å². The van der Waals surface area contributed by atoms with Gasteiger partial charge in [0.05, 0.1) is 4.92 Å². The summed E-state index contributed by atoms with van der Waals surface area (Å²) in [6.45, 7) is 0. The Morgan fingerprint density at radius 2 is 2.28 bits per heavy atom. The third-order valence-corrected chi connectivity index (χ3v) is 2.70. The third-order valence-electron chi connectivity index (χ3n) is 1.88. The van der Waals surface area contributed by atoms with Crippen molar-refractivity contribution in [3.63, 3.8) is 0 Å². The zero-order valence-corrected chi connectivity index (χ0v) is 9.42. The van der Waals surface area contributed by atoms with Crippen LogP contribution in [0.5, 0.6) is 0 Å². The van der Waals surface area contributed by atoms with Crippen molar-refractivity contribution in [3.05, 3.63) is 34.3 Å². The molecule has 9 nitrogen and oxygen atoms in total. The van der Waals surface area contributed by atoms with Crippen molar-refractivity contribution in [1.82, 2.24) is 20.2 Å². The van der Waals surface area contributed by atoms with E-state index in [0.29, 0.717) is 5.16 Å². The summed E-state index contributed by atoms with van der Waals surface area (Å²) in [6.07, 6.45) is 2.19. The fourth-order valence-electron chi connectivity index (χ4n) is 1.14. The molecule has 0 atom stereocenters. The van der Waals surface area contributed by atoms with Crippen LogP contribution in [-0.4, -0.2) is 36.2 Å². The van der Waals surface area contributed by atoms with Crippen LogP contribution in [0.15, 0.2) is 28.8 Å². The van der Waals surface area contributed by atoms with Crippen LogP contribution in [0.3, 0.4) is 0 Å². The average Bonchev–Trinajstić information content (AvgIpc) is 2.81. The lowest BCUT2D eigenvalue weighted by Gasteiger charge is -2.00. The number of nitrogens with zero attached hydrogens (tertiary/aromatic N) is 4. The van der Waals surface area contributed by atoms with E-state index < -0.39 is 22.1 Å². The van der Waals surface area contributed by atoms with E-state index in [-0.39, 0.29) is 5.03 Å². The van der Waals surface area contributed by atoms with Gasteiger partial charge in [-0.25, -0.2) is 14.8 Å². The average molecular weight is 267 g/mol. The minimum atomic E-state index is -1.39. The summed E-state index contributed by atoms with van der Waals surface area (Å²) >= 11 is 1.02. The van der Waals surface area contributed by atoms with Gasteiger partial charge in [0.25, 0.3) is 0 Å². The zero-order valence-electron chi connectivity index (χ0n) is 8.60. The van der Waals surface area contributed by atoms with Crippen LogP contribution in [0.1, 0.15) is 10.4 Å². The van der Waals surface area contributed by atoms with Crippen LogP contribution in [0.2, 0.25) is 0 Å². The number of carboxylic acid groups (broad SMARTS) is 1. The SMILES string of the molecule is O=C(O)c1cc(Sc2ncn[nH]2)ncc1[N+](=O)[O-]. The van der Waals surface area contributed by atoms with E-state index in [2.05, 4.69) is 20.2 Å². The predicted molar refractivity (Wildman–Crippen MR) is 58.4 cm³/mol. The maximum absolute atomic E-state index is 10.9. The molecular formula is C8H5N5O4S. The van der Waals surface area contributed by atoms with E-state index in [1.807, 2.05) is 0 Å². The Hall–Kier alpha value is -2.49. The first-order valence-corrected chi connectivity index (χ1v) is 5.30. The molecule has 2 aromatic heterocycles. The molecule has 2 heterocycles. The molecule has 2 N–H and O–H groups in total. The fourth-order valence-corrected chi connectivity index (χ4v) is 1.82. The first-order chi connectivity index (χ1) is 8.58. The molecule has 0 bridgehead atoms. The largest absolute Gasteiger partial charge is 0.477 e. The summed E-state index contributed by atoms with van der Waals surface area (Å²) < 4.78 is 0. The molecule has 0 fully saturated rings. The second-order valence-corrected chi connectivity index (χ2v) is 4.00. The van der Waals surface area contributed by atoms with Crippen LogP contribution >= 0.6 is 11.8 Å². The van der Waals surface area contributed by atoms with Crippen LogP contribution in [0.25, 0.3) is 0 Å². The molecule has 18 heavy (non-hydrogen) atoms. The molecule has 0 radical (unpaired) electrons. The molecule has 0 aliphatic carbocycles. The summed E-state index contributed by atoms with van der Waals surface area (Å²) in [4.78, 5) is 28.3. The summed E-state index contributed by atoms with van der Waals surface area (Å²) in [7, 11) is 0. The van der Waals surface area contributed by atoms with Gasteiger partial charge in [-0.2, -0.15) is 5.10 Å². The molecule has 0 aliphatic rings. The number of aromatic nitrogens is 4. The number of hydrogen-bond acceptors (Lipinski definition) is 7. The van der Waals surface area contributed by atoms with E-state index in [9.17, 15) is 14.9 Å². The maximum Gasteiger partial charge on any atom is 0.342 e. The number of H-pyrrole nitrogens is 1. The molecule has 10 heteroatoms. The molecule has 0 saturated heterocycles. The smallest absolute Gasteiger partial charge is 0.342 e. The van der Waals surface area contributed by atoms with Crippen molar-refractivity contribution in [2.75, 3.05) is 0 Å². The van der Waals surface area contributed by atoms with Crippen molar-refractivity contribution in [2.24, 2.45) is 0 Å². The Morgan fingerprint density at radius 1 is 1.50 bits per heavy atom. The van der Waals surface area contributed by atoms with E-state index in [1.165, 1.54) is 6.33 Å². The van der Waals surface area contributed by atoms with Crippen LogP contribution < -0.4 is 0 Å². The zero-order chi connectivity index (χ0) is 13.1. The Morgan fingerprint density at radius 3 is 2.83 bits per heavy atom. The molecule has 2 rings (SSSR count). The molecular weight excluding hydrogens is 262 g/mol. The van der Waals surface area contributed by atoms with Gasteiger partial charge in [0, 0.05) is 0 Å². The number of carboxylic acids is 1. The van der Waals surface area contributed by atoms with Crippen LogP contribution in [0, 0.1) is 10.1 Å². The fraction of sp³-hybridized carbons (Fsp3) is 0. The first kappa shape index (κ1) is 12.0. The Balaban J connectivity index is 2.37. The van der Waals surface area contributed by atoms with E-state index in [1.54, 1.807) is 0 Å². The van der Waals surface area contributed by atoms with Crippen molar-refractivity contribution in [1.29, 1.82) is 0 Å². The number of aromatic amines is 1. The van der Waals surface area contributed by atoms with Crippen LogP contribution in [-0.2, 0) is 0 Å². The van der Waals surface area contributed by atoms with E-state index >= 15 is 0 Å². The Labute approximate surface area is 103 Å². The van der Waals surface area contributed by atoms with Gasteiger partial charge in [0.15, 0.2) is 5.16 Å². The summed E-state index contributed by atoms with van der Waals surface area (Å²) in [5.74, 6) is -1.39. The number of carbonyl (C=O) groups is 1. The van der Waals surface area contributed by atoms with Crippen molar-refractivity contribution in [3.8, 4) is 0 Å². The van der Waals surface area contributed by atoms with Crippen molar-refractivity contribution < 1.29 is 14.8 Å². The van der Waals surface area contributed by atoms with Crippen LogP contribution in [0.4, 0.5) is 5.69 Å². The van der Waals surface area contributed by atoms with Gasteiger partial charge < -0.3 is 5.11 Å². The lowest BCUT2D eigenvalue weighted by atomic mass is 10.2. The molecule has 2 aromatic rings. The summed E-state index contributed by atoms with van der Waals surface area (Å²) in [6, 6.07) is 1.12. The second-order valence-electron chi connectivity index (χ2n) is 2.99. The molecule has 0 unspecified atom stereocenters. The minimum absolute atomic E-state index is 0.273. The second kappa shape index (κ2) is 4.79. The first-order valence-electron chi connectivity index (χ1n) is 4.49. The van der Waals surface area contributed by atoms with Crippen molar-refractivity contribution in [2.45, 2.75) is 10.2 Å². The lowest BCUT2D eigenvalue weighted by molar-refractivity contribution is -0.385. The number of aromatic carboxylic acids is 1. The molecule has 0 aromatic carbocycles. The quantitative estimate of drug-likeness (QED) is 0.617. The normalized spacial score (nSPS) is 10.2. The predicted octanol–water partition coefficient (Wildman–Crippen LogP) is 0.957. The highest BCUT2D eigenvalue weighted by Gasteiger charge is 2.21. The topological polar surface area (TPSA) is 135 Å². The summed E-state index contributed by atoms with van der Waals surface area (Å²) in [5.41, 5.74) is -0.971. The minimum Gasteiger partial charge on any atom is -0.477 e. The highest BCUT2D eigenvalue weighted by molar-refractivity contribution is 7.99. The number of nitrogens with one attached hydrogen (secondary N) is 1. The standard InChI is InChI=1S/C8H5N5O4S/c14-7(15)4-1-6(9-2-5(4)13(16)17)18-8-10-3-11-12-8/h1-3H,(H,14,15)(H,10,11,12). The van der Waals surface area contributed by atoms with Gasteiger partial charge >= 0.3 is 11.7 Å².